The number of hydrogen-bond donors (Lipinski definition) is 2. The number of benzene rings is 1. The van der Waals surface area contributed by atoms with Crippen LogP contribution in [0.2, 0.25) is 5.02 Å². The number of rotatable bonds is 4. The second-order valence-electron chi connectivity index (χ2n) is 5.97. The maximum absolute atomic E-state index is 12.2. The molecule has 0 radical (unpaired) electrons. The third-order valence-electron chi connectivity index (χ3n) is 4.14. The first-order chi connectivity index (χ1) is 13.0. The molecule has 1 aliphatic heterocycles. The van der Waals surface area contributed by atoms with E-state index in [9.17, 15) is 14.4 Å². The molecule has 2 N–H and O–H groups in total. The van der Waals surface area contributed by atoms with Crippen LogP contribution in [0.25, 0.3) is 0 Å². The van der Waals surface area contributed by atoms with E-state index < -0.39 is 5.97 Å². The number of nitrogens with one attached hydrogen (secondary N) is 2. The first-order valence-electron chi connectivity index (χ1n) is 8.43. The van der Waals surface area contributed by atoms with E-state index in [4.69, 9.17) is 16.3 Å². The van der Waals surface area contributed by atoms with Crippen LogP contribution < -0.4 is 5.32 Å². The number of urea groups is 1. The lowest BCUT2D eigenvalue weighted by Gasteiger charge is -2.34. The smallest absolute Gasteiger partial charge is 0.355 e. The Morgan fingerprint density at radius 3 is 2.37 bits per heavy atom. The lowest BCUT2D eigenvalue weighted by Crippen LogP contribution is -2.52. The van der Waals surface area contributed by atoms with Gasteiger partial charge in [0.2, 0.25) is 0 Å². The summed E-state index contributed by atoms with van der Waals surface area (Å²) < 4.78 is 5.00. The summed E-state index contributed by atoms with van der Waals surface area (Å²) in [5.41, 5.74) is 0.910. The summed E-state index contributed by atoms with van der Waals surface area (Å²) in [5, 5.41) is 3.20. The average Bonchev–Trinajstić information content (AvgIpc) is 3.13. The largest absolute Gasteiger partial charge is 0.451 e. The molecule has 1 aromatic heterocycles. The molecule has 0 saturated carbocycles. The van der Waals surface area contributed by atoms with E-state index in [1.165, 1.54) is 12.3 Å². The first kappa shape index (κ1) is 18.8. The number of carbonyl (C=O) groups excluding carboxylic acids is 3. The van der Waals surface area contributed by atoms with Gasteiger partial charge in [-0.05, 0) is 18.2 Å². The van der Waals surface area contributed by atoms with Gasteiger partial charge < -0.3 is 24.8 Å². The number of para-hydroxylation sites is 1. The summed E-state index contributed by atoms with van der Waals surface area (Å²) in [6.07, 6.45) is 1.46. The predicted octanol–water partition coefficient (Wildman–Crippen LogP) is 2.20. The summed E-state index contributed by atoms with van der Waals surface area (Å²) in [6, 6.07) is 10.4. The van der Waals surface area contributed by atoms with Crippen LogP contribution in [0.3, 0.4) is 0 Å². The highest BCUT2D eigenvalue weighted by atomic mass is 35.5. The zero-order valence-corrected chi connectivity index (χ0v) is 15.2. The summed E-state index contributed by atoms with van der Waals surface area (Å²) >= 11 is 5.73. The van der Waals surface area contributed by atoms with Gasteiger partial charge in [0.25, 0.3) is 5.91 Å². The topological polar surface area (TPSA) is 94.7 Å². The number of carbonyl (C=O) groups is 3. The third-order valence-corrected chi connectivity index (χ3v) is 4.36. The zero-order chi connectivity index (χ0) is 19.2. The van der Waals surface area contributed by atoms with Crippen molar-refractivity contribution >= 4 is 35.2 Å². The van der Waals surface area contributed by atoms with E-state index in [0.717, 1.165) is 5.69 Å². The number of halogens is 1. The standard InChI is InChI=1S/C18H19ClN4O4/c19-13-10-15(20-11-13)17(25)27-12-16(24)22-6-8-23(9-7-22)18(26)21-14-4-2-1-3-5-14/h1-5,10-11,20H,6-9,12H2,(H,21,26). The highest BCUT2D eigenvalue weighted by Gasteiger charge is 2.25. The van der Waals surface area contributed by atoms with Crippen molar-refractivity contribution in [2.24, 2.45) is 0 Å². The quantitative estimate of drug-likeness (QED) is 0.782. The number of amides is 3. The molecule has 9 heteroatoms. The van der Waals surface area contributed by atoms with Crippen LogP contribution >= 0.6 is 11.6 Å². The van der Waals surface area contributed by atoms with Crippen LogP contribution in [0, 0.1) is 0 Å². The second kappa shape index (κ2) is 8.59. The number of ether oxygens (including phenoxy) is 1. The fourth-order valence-corrected chi connectivity index (χ4v) is 2.83. The molecular weight excluding hydrogens is 372 g/mol. The molecule has 0 bridgehead atoms. The minimum atomic E-state index is -0.642. The molecule has 2 aromatic rings. The summed E-state index contributed by atoms with van der Waals surface area (Å²) in [6.45, 7) is 1.22. The summed E-state index contributed by atoms with van der Waals surface area (Å²) in [5.74, 6) is -0.944. The number of anilines is 1. The second-order valence-corrected chi connectivity index (χ2v) is 6.41. The molecule has 1 aliphatic rings. The number of hydrogen-bond acceptors (Lipinski definition) is 4. The molecule has 0 aliphatic carbocycles. The number of piperazine rings is 1. The SMILES string of the molecule is O=C(OCC(=O)N1CCN(C(=O)Nc2ccccc2)CC1)c1cc(Cl)c[nH]1. The Morgan fingerprint density at radius 1 is 1.07 bits per heavy atom. The monoisotopic (exact) mass is 390 g/mol. The van der Waals surface area contributed by atoms with E-state index in [0.29, 0.717) is 31.2 Å². The molecule has 3 rings (SSSR count). The highest BCUT2D eigenvalue weighted by Crippen LogP contribution is 2.11. The lowest BCUT2D eigenvalue weighted by molar-refractivity contribution is -0.135. The molecule has 0 unspecified atom stereocenters. The fourth-order valence-electron chi connectivity index (χ4n) is 2.67. The Bertz CT molecular complexity index is 816. The van der Waals surface area contributed by atoms with Crippen molar-refractivity contribution in [2.75, 3.05) is 38.1 Å². The van der Waals surface area contributed by atoms with Gasteiger partial charge in [0.05, 0.1) is 5.02 Å². The Kier molecular flexibility index (Phi) is 5.97. The number of aromatic amines is 1. The molecule has 2 heterocycles. The van der Waals surface area contributed by atoms with Gasteiger partial charge in [-0.2, -0.15) is 0 Å². The Labute approximate surface area is 161 Å². The van der Waals surface area contributed by atoms with Crippen LogP contribution in [0.15, 0.2) is 42.6 Å². The van der Waals surface area contributed by atoms with Gasteiger partial charge in [-0.1, -0.05) is 29.8 Å². The van der Waals surface area contributed by atoms with Crippen molar-refractivity contribution in [1.29, 1.82) is 0 Å². The molecule has 142 valence electrons. The molecule has 1 fully saturated rings. The Hall–Kier alpha value is -3.00. The van der Waals surface area contributed by atoms with Crippen molar-refractivity contribution in [1.82, 2.24) is 14.8 Å². The Morgan fingerprint density at radius 2 is 1.74 bits per heavy atom. The minimum absolute atomic E-state index is 0.190. The summed E-state index contributed by atoms with van der Waals surface area (Å²) in [4.78, 5) is 42.1. The highest BCUT2D eigenvalue weighted by molar-refractivity contribution is 6.30. The van der Waals surface area contributed by atoms with Crippen LogP contribution in [-0.4, -0.2) is 65.5 Å². The average molecular weight is 391 g/mol. The van der Waals surface area contributed by atoms with E-state index >= 15 is 0 Å². The van der Waals surface area contributed by atoms with Gasteiger partial charge in [0.1, 0.15) is 5.69 Å². The molecular formula is C18H19ClN4O4. The zero-order valence-electron chi connectivity index (χ0n) is 14.5. The van der Waals surface area contributed by atoms with Crippen molar-refractivity contribution in [3.05, 3.63) is 53.3 Å². The van der Waals surface area contributed by atoms with Gasteiger partial charge in [-0.3, -0.25) is 4.79 Å². The van der Waals surface area contributed by atoms with Gasteiger partial charge in [-0.15, -0.1) is 0 Å². The van der Waals surface area contributed by atoms with Gasteiger partial charge in [0.15, 0.2) is 6.61 Å². The summed E-state index contributed by atoms with van der Waals surface area (Å²) in [7, 11) is 0. The number of esters is 1. The predicted molar refractivity (Wildman–Crippen MR) is 99.7 cm³/mol. The van der Waals surface area contributed by atoms with Gasteiger partial charge in [0, 0.05) is 38.1 Å². The van der Waals surface area contributed by atoms with E-state index in [1.54, 1.807) is 9.80 Å². The molecule has 3 amide bonds. The minimum Gasteiger partial charge on any atom is -0.451 e. The molecule has 27 heavy (non-hydrogen) atoms. The molecule has 8 nitrogen and oxygen atoms in total. The third kappa shape index (κ3) is 5.01. The van der Waals surface area contributed by atoms with Gasteiger partial charge >= 0.3 is 12.0 Å². The van der Waals surface area contributed by atoms with Crippen LogP contribution in [0.4, 0.5) is 10.5 Å². The fraction of sp³-hybridized carbons (Fsp3) is 0.278. The normalized spacial score (nSPS) is 14.0. The molecule has 1 aromatic carbocycles. The van der Waals surface area contributed by atoms with Crippen LogP contribution in [0.1, 0.15) is 10.5 Å². The lowest BCUT2D eigenvalue weighted by atomic mass is 10.3. The number of H-pyrrole nitrogens is 1. The Balaban J connectivity index is 1.42. The van der Waals surface area contributed by atoms with Crippen molar-refractivity contribution in [3.8, 4) is 0 Å². The van der Waals surface area contributed by atoms with E-state index in [1.807, 2.05) is 30.3 Å². The van der Waals surface area contributed by atoms with Crippen molar-refractivity contribution < 1.29 is 19.1 Å². The van der Waals surface area contributed by atoms with E-state index in [-0.39, 0.29) is 24.2 Å². The first-order valence-corrected chi connectivity index (χ1v) is 8.80. The maximum atomic E-state index is 12.2. The molecule has 1 saturated heterocycles. The molecule has 0 atom stereocenters. The van der Waals surface area contributed by atoms with Crippen LogP contribution in [0.5, 0.6) is 0 Å². The maximum Gasteiger partial charge on any atom is 0.355 e. The van der Waals surface area contributed by atoms with E-state index in [2.05, 4.69) is 10.3 Å². The van der Waals surface area contributed by atoms with Gasteiger partial charge in [-0.25, -0.2) is 9.59 Å². The molecule has 0 spiro atoms. The van der Waals surface area contributed by atoms with Crippen LogP contribution in [-0.2, 0) is 9.53 Å². The van der Waals surface area contributed by atoms with Crippen molar-refractivity contribution in [2.45, 2.75) is 0 Å². The van der Waals surface area contributed by atoms with Crippen molar-refractivity contribution in [3.63, 3.8) is 0 Å². The number of nitrogens with zero attached hydrogens (tertiary/aromatic N) is 2. The number of aromatic nitrogens is 1.